The summed E-state index contributed by atoms with van der Waals surface area (Å²) in [5.41, 5.74) is 0. The Morgan fingerprint density at radius 2 is 0.909 bits per heavy atom. The molecule has 194 valence electrons. The van der Waals surface area contributed by atoms with Crippen LogP contribution in [0.3, 0.4) is 0 Å². The fraction of sp³-hybridized carbons (Fsp3) is 0.739. The van der Waals surface area contributed by atoms with Gasteiger partial charge in [-0.1, -0.05) is 0 Å². The van der Waals surface area contributed by atoms with E-state index < -0.39 is 50.9 Å². The summed E-state index contributed by atoms with van der Waals surface area (Å²) in [5, 5.41) is 0. The van der Waals surface area contributed by atoms with E-state index in [-0.39, 0.29) is 0 Å². The molecule has 33 heavy (non-hydrogen) atoms. The van der Waals surface area contributed by atoms with Gasteiger partial charge in [-0.2, -0.15) is 0 Å². The molecule has 0 aliphatic heterocycles. The predicted molar refractivity (Wildman–Crippen MR) is 125 cm³/mol. The van der Waals surface area contributed by atoms with Crippen LogP contribution in [-0.4, -0.2) is 33.1 Å². The third-order valence-corrected chi connectivity index (χ3v) is 15.4. The Morgan fingerprint density at radius 3 is 1.27 bits per heavy atom. The van der Waals surface area contributed by atoms with Crippen LogP contribution in [0.5, 0.6) is 0 Å². The van der Waals surface area contributed by atoms with Gasteiger partial charge in [-0.15, -0.1) is 0 Å². The number of hydrogen-bond donors (Lipinski definition) is 0. The SMILES string of the molecule is CCCCCP(CCCC)(CCCC)(CCCC)OS(=O)(=O)c1c(F)c(F)c(F)c(F)c1F. The van der Waals surface area contributed by atoms with Gasteiger partial charge in [0.25, 0.3) is 0 Å². The summed E-state index contributed by atoms with van der Waals surface area (Å²) in [7, 11) is -5.27. The Bertz CT molecular complexity index is 839. The van der Waals surface area contributed by atoms with Crippen molar-refractivity contribution in [1.82, 2.24) is 0 Å². The molecule has 0 aliphatic carbocycles. The van der Waals surface area contributed by atoms with E-state index in [0.717, 1.165) is 32.1 Å². The standard InChI is InChI=1S/C23H38F5O3PS/c1-5-9-13-17-32(14-10-6-2,15-11-7-3,16-12-8-4)31-33(29,30)23-21(27)19(25)18(24)20(26)22(23)28/h5-17H2,1-4H3. The van der Waals surface area contributed by atoms with Gasteiger partial charge >= 0.3 is 195 Å². The van der Waals surface area contributed by atoms with Gasteiger partial charge < -0.3 is 0 Å². The van der Waals surface area contributed by atoms with Crippen molar-refractivity contribution in [1.29, 1.82) is 0 Å². The molecule has 0 unspecified atom stereocenters. The zero-order valence-electron chi connectivity index (χ0n) is 20.2. The Morgan fingerprint density at radius 1 is 0.576 bits per heavy atom. The van der Waals surface area contributed by atoms with E-state index in [1.165, 1.54) is 0 Å². The molecule has 1 aromatic rings. The minimum atomic E-state index is -5.27. The number of hydrogen-bond acceptors (Lipinski definition) is 3. The second-order valence-electron chi connectivity index (χ2n) is 8.95. The van der Waals surface area contributed by atoms with Crippen LogP contribution in [0, 0.1) is 29.1 Å². The summed E-state index contributed by atoms with van der Waals surface area (Å²) in [6, 6.07) is 0. The molecular formula is C23H38F5O3PS. The molecule has 1 aromatic carbocycles. The summed E-state index contributed by atoms with van der Waals surface area (Å²) in [4.78, 5) is -1.88. The molecule has 10 heteroatoms. The van der Waals surface area contributed by atoms with Crippen LogP contribution < -0.4 is 0 Å². The Labute approximate surface area is 195 Å². The van der Waals surface area contributed by atoms with Crippen molar-refractivity contribution >= 4 is 16.9 Å². The fourth-order valence-corrected chi connectivity index (χ4v) is 14.4. The zero-order chi connectivity index (χ0) is 25.3. The average Bonchev–Trinajstić information content (AvgIpc) is 2.77. The molecule has 0 spiro atoms. The van der Waals surface area contributed by atoms with E-state index >= 15 is 0 Å². The van der Waals surface area contributed by atoms with Crippen molar-refractivity contribution in [3.63, 3.8) is 0 Å². The van der Waals surface area contributed by atoms with E-state index in [4.69, 9.17) is 3.97 Å². The molecule has 0 amide bonds. The zero-order valence-corrected chi connectivity index (χ0v) is 21.9. The van der Waals surface area contributed by atoms with Crippen LogP contribution in [0.15, 0.2) is 4.90 Å². The normalized spacial score (nSPS) is 13.8. The summed E-state index contributed by atoms with van der Waals surface area (Å²) in [6.07, 6.45) is 8.42. The summed E-state index contributed by atoms with van der Waals surface area (Å²) in [5.74, 6) is -11.7. The van der Waals surface area contributed by atoms with Crippen molar-refractivity contribution in [3.05, 3.63) is 29.1 Å². The molecule has 0 saturated carbocycles. The van der Waals surface area contributed by atoms with E-state index in [0.29, 0.717) is 50.3 Å². The van der Waals surface area contributed by atoms with Crippen LogP contribution in [-0.2, 0) is 14.1 Å². The molecule has 0 radical (unpaired) electrons. The average molecular weight is 521 g/mol. The molecule has 0 saturated heterocycles. The van der Waals surface area contributed by atoms with Crippen molar-refractivity contribution in [2.24, 2.45) is 0 Å². The van der Waals surface area contributed by atoms with Crippen molar-refractivity contribution in [2.45, 2.75) is 90.4 Å². The van der Waals surface area contributed by atoms with E-state index in [1.807, 2.05) is 27.7 Å². The Balaban J connectivity index is 3.79. The molecule has 0 aromatic heterocycles. The van der Waals surface area contributed by atoms with Gasteiger partial charge in [-0.05, 0) is 0 Å². The van der Waals surface area contributed by atoms with Gasteiger partial charge in [-0.3, -0.25) is 0 Å². The van der Waals surface area contributed by atoms with E-state index in [1.54, 1.807) is 0 Å². The summed E-state index contributed by atoms with van der Waals surface area (Å²) in [6.45, 7) is 4.24. The first-order valence-electron chi connectivity index (χ1n) is 11.9. The molecule has 0 N–H and O–H groups in total. The Kier molecular flexibility index (Phi) is 11.7. The second-order valence-corrected chi connectivity index (χ2v) is 16.4. The molecule has 3 nitrogen and oxygen atoms in total. The van der Waals surface area contributed by atoms with Crippen LogP contribution in [0.1, 0.15) is 85.5 Å². The van der Waals surface area contributed by atoms with Gasteiger partial charge in [0.2, 0.25) is 0 Å². The quantitative estimate of drug-likeness (QED) is 0.0726. The first-order valence-corrected chi connectivity index (χ1v) is 16.2. The number of halogens is 5. The van der Waals surface area contributed by atoms with Crippen molar-refractivity contribution in [2.75, 3.05) is 24.6 Å². The summed E-state index contributed by atoms with van der Waals surface area (Å²) >= 11 is 0. The van der Waals surface area contributed by atoms with Gasteiger partial charge in [0.05, 0.1) is 0 Å². The number of rotatable bonds is 16. The van der Waals surface area contributed by atoms with Gasteiger partial charge in [0, 0.05) is 0 Å². The molecule has 0 atom stereocenters. The maximum absolute atomic E-state index is 14.5. The van der Waals surface area contributed by atoms with Crippen LogP contribution >= 0.6 is 6.83 Å². The first kappa shape index (κ1) is 30.2. The van der Waals surface area contributed by atoms with Gasteiger partial charge in [0.1, 0.15) is 0 Å². The Hall–Kier alpha value is -0.790. The van der Waals surface area contributed by atoms with Crippen molar-refractivity contribution < 1.29 is 34.3 Å². The van der Waals surface area contributed by atoms with Crippen LogP contribution in [0.2, 0.25) is 0 Å². The first-order chi connectivity index (χ1) is 15.4. The fourth-order valence-electron chi connectivity index (χ4n) is 4.37. The number of unbranched alkanes of at least 4 members (excludes halogenated alkanes) is 5. The third kappa shape index (κ3) is 7.11. The van der Waals surface area contributed by atoms with E-state index in [9.17, 15) is 30.4 Å². The molecule has 0 aliphatic rings. The van der Waals surface area contributed by atoms with E-state index in [2.05, 4.69) is 0 Å². The molecule has 0 bridgehead atoms. The topological polar surface area (TPSA) is 43.4 Å². The predicted octanol–water partition coefficient (Wildman–Crippen LogP) is 8.15. The molecular weight excluding hydrogens is 482 g/mol. The molecule has 0 fully saturated rings. The molecule has 1 rings (SSSR count). The third-order valence-electron chi connectivity index (χ3n) is 6.29. The summed E-state index contributed by atoms with van der Waals surface area (Å²) < 4.78 is 103. The monoisotopic (exact) mass is 520 g/mol. The van der Waals surface area contributed by atoms with Crippen molar-refractivity contribution in [3.8, 4) is 0 Å². The van der Waals surface area contributed by atoms with Crippen LogP contribution in [0.4, 0.5) is 22.0 Å². The second kappa shape index (κ2) is 12.8. The van der Waals surface area contributed by atoms with Gasteiger partial charge in [-0.25, -0.2) is 0 Å². The minimum absolute atomic E-state index is 0.445. The maximum atomic E-state index is 14.5. The van der Waals surface area contributed by atoms with Crippen LogP contribution in [0.25, 0.3) is 0 Å². The molecule has 0 heterocycles. The number of benzene rings is 1. The van der Waals surface area contributed by atoms with Gasteiger partial charge in [0.15, 0.2) is 0 Å².